The van der Waals surface area contributed by atoms with Gasteiger partial charge < -0.3 is 10.4 Å². The van der Waals surface area contributed by atoms with Crippen molar-refractivity contribution in [2.75, 3.05) is 13.2 Å². The number of amides is 1. The van der Waals surface area contributed by atoms with Crippen molar-refractivity contribution in [3.8, 4) is 0 Å². The first-order valence-electron chi connectivity index (χ1n) is 6.60. The molecule has 0 saturated heterocycles. The Morgan fingerprint density at radius 3 is 3.17 bits per heavy atom. The molecule has 0 aromatic carbocycles. The van der Waals surface area contributed by atoms with Crippen molar-refractivity contribution < 1.29 is 9.90 Å². The van der Waals surface area contributed by atoms with Gasteiger partial charge in [0.2, 0.25) is 0 Å². The zero-order valence-electron chi connectivity index (χ0n) is 11.0. The van der Waals surface area contributed by atoms with E-state index < -0.39 is 0 Å². The van der Waals surface area contributed by atoms with Crippen LogP contribution < -0.4 is 5.32 Å². The summed E-state index contributed by atoms with van der Waals surface area (Å²) >= 11 is 1.63. The Balaban J connectivity index is 1.99. The van der Waals surface area contributed by atoms with Crippen molar-refractivity contribution in [1.29, 1.82) is 0 Å². The van der Waals surface area contributed by atoms with Crippen LogP contribution >= 0.6 is 11.3 Å². The van der Waals surface area contributed by atoms with Crippen LogP contribution in [0.15, 0.2) is 6.07 Å². The number of thiophene rings is 1. The van der Waals surface area contributed by atoms with Crippen molar-refractivity contribution in [2.45, 2.75) is 33.1 Å². The van der Waals surface area contributed by atoms with E-state index in [9.17, 15) is 4.79 Å². The summed E-state index contributed by atoms with van der Waals surface area (Å²) in [6.07, 6.45) is 3.45. The molecule has 1 heterocycles. The Labute approximate surface area is 112 Å². The monoisotopic (exact) mass is 267 g/mol. The van der Waals surface area contributed by atoms with Crippen molar-refractivity contribution in [2.24, 2.45) is 11.8 Å². The van der Waals surface area contributed by atoms with Gasteiger partial charge in [-0.25, -0.2) is 0 Å². The molecule has 18 heavy (non-hydrogen) atoms. The minimum Gasteiger partial charge on any atom is -0.396 e. The zero-order valence-corrected chi connectivity index (χ0v) is 11.8. The van der Waals surface area contributed by atoms with Gasteiger partial charge in [-0.1, -0.05) is 13.8 Å². The van der Waals surface area contributed by atoms with Crippen LogP contribution in [-0.2, 0) is 12.8 Å². The molecule has 0 saturated carbocycles. The van der Waals surface area contributed by atoms with E-state index in [1.54, 1.807) is 11.3 Å². The topological polar surface area (TPSA) is 49.3 Å². The SMILES string of the molecule is CC(CO)CNC(=O)c1cc2c(s1)CCC(C)C2. The predicted molar refractivity (Wildman–Crippen MR) is 74.1 cm³/mol. The first-order valence-corrected chi connectivity index (χ1v) is 7.42. The maximum absolute atomic E-state index is 12.0. The van der Waals surface area contributed by atoms with Gasteiger partial charge in [0.05, 0.1) is 4.88 Å². The second kappa shape index (κ2) is 5.85. The van der Waals surface area contributed by atoms with E-state index in [4.69, 9.17) is 5.11 Å². The van der Waals surface area contributed by atoms with Crippen LogP contribution in [0.2, 0.25) is 0 Å². The Morgan fingerprint density at radius 2 is 2.44 bits per heavy atom. The third-order valence-electron chi connectivity index (χ3n) is 3.48. The highest BCUT2D eigenvalue weighted by Gasteiger charge is 2.20. The molecule has 2 N–H and O–H groups in total. The number of aliphatic hydroxyl groups is 1. The quantitative estimate of drug-likeness (QED) is 0.879. The highest BCUT2D eigenvalue weighted by Crippen LogP contribution is 2.32. The number of fused-ring (bicyclic) bond motifs is 1. The fourth-order valence-electron chi connectivity index (χ4n) is 2.24. The maximum atomic E-state index is 12.0. The third kappa shape index (κ3) is 3.12. The fourth-order valence-corrected chi connectivity index (χ4v) is 3.36. The van der Waals surface area contributed by atoms with Crippen molar-refractivity contribution in [1.82, 2.24) is 5.32 Å². The lowest BCUT2D eigenvalue weighted by atomic mass is 9.90. The van der Waals surface area contributed by atoms with E-state index in [1.807, 2.05) is 6.92 Å². The molecule has 1 aromatic heterocycles. The van der Waals surface area contributed by atoms with Gasteiger partial charge in [-0.3, -0.25) is 4.79 Å². The molecular formula is C14H21NO2S. The van der Waals surface area contributed by atoms with E-state index in [0.29, 0.717) is 6.54 Å². The number of hydrogen-bond acceptors (Lipinski definition) is 3. The van der Waals surface area contributed by atoms with Crippen LogP contribution in [0, 0.1) is 11.8 Å². The third-order valence-corrected chi connectivity index (χ3v) is 4.71. The van der Waals surface area contributed by atoms with Gasteiger partial charge in [0.15, 0.2) is 0 Å². The second-order valence-electron chi connectivity index (χ2n) is 5.40. The predicted octanol–water partition coefficient (Wildman–Crippen LogP) is 2.23. The molecule has 0 aliphatic heterocycles. The Hall–Kier alpha value is -0.870. The van der Waals surface area contributed by atoms with Crippen molar-refractivity contribution in [3.05, 3.63) is 21.4 Å². The number of carbonyl (C=O) groups is 1. The molecule has 2 rings (SSSR count). The van der Waals surface area contributed by atoms with Gasteiger partial charge in [-0.05, 0) is 42.7 Å². The van der Waals surface area contributed by atoms with Crippen LogP contribution in [0.4, 0.5) is 0 Å². The fraction of sp³-hybridized carbons (Fsp3) is 0.643. The van der Waals surface area contributed by atoms with E-state index in [-0.39, 0.29) is 18.4 Å². The number of aliphatic hydroxyl groups excluding tert-OH is 1. The molecule has 1 aliphatic carbocycles. The summed E-state index contributed by atoms with van der Waals surface area (Å²) in [6, 6.07) is 2.05. The van der Waals surface area contributed by atoms with Gasteiger partial charge in [0.25, 0.3) is 5.91 Å². The summed E-state index contributed by atoms with van der Waals surface area (Å²) in [5.41, 5.74) is 1.36. The molecule has 1 aliphatic rings. The highest BCUT2D eigenvalue weighted by atomic mass is 32.1. The molecule has 0 fully saturated rings. The van der Waals surface area contributed by atoms with E-state index in [2.05, 4.69) is 18.3 Å². The molecule has 0 spiro atoms. The first kappa shape index (κ1) is 13.6. The van der Waals surface area contributed by atoms with E-state index in [1.165, 1.54) is 16.9 Å². The van der Waals surface area contributed by atoms with Crippen LogP contribution in [0.5, 0.6) is 0 Å². The molecule has 1 aromatic rings. The minimum absolute atomic E-state index is 0.00218. The number of aryl methyl sites for hydroxylation is 1. The second-order valence-corrected chi connectivity index (χ2v) is 6.54. The van der Waals surface area contributed by atoms with Crippen LogP contribution in [0.3, 0.4) is 0 Å². The normalized spacial score (nSPS) is 20.3. The zero-order chi connectivity index (χ0) is 13.1. The summed E-state index contributed by atoms with van der Waals surface area (Å²) in [5, 5.41) is 11.8. The molecule has 2 atom stereocenters. The summed E-state index contributed by atoms with van der Waals surface area (Å²) in [7, 11) is 0. The van der Waals surface area contributed by atoms with Crippen molar-refractivity contribution in [3.63, 3.8) is 0 Å². The number of carbonyl (C=O) groups excluding carboxylic acids is 1. The van der Waals surface area contributed by atoms with Gasteiger partial charge in [0, 0.05) is 18.0 Å². The molecule has 0 radical (unpaired) electrons. The van der Waals surface area contributed by atoms with Crippen molar-refractivity contribution >= 4 is 17.2 Å². The lowest BCUT2D eigenvalue weighted by Gasteiger charge is -2.16. The average Bonchev–Trinajstić information content (AvgIpc) is 2.78. The Bertz CT molecular complexity index is 427. The molecule has 4 heteroatoms. The highest BCUT2D eigenvalue weighted by molar-refractivity contribution is 7.14. The summed E-state index contributed by atoms with van der Waals surface area (Å²) < 4.78 is 0. The molecule has 2 unspecified atom stereocenters. The largest absolute Gasteiger partial charge is 0.396 e. The van der Waals surface area contributed by atoms with Crippen LogP contribution in [0.25, 0.3) is 0 Å². The minimum atomic E-state index is 0.00218. The smallest absolute Gasteiger partial charge is 0.261 e. The van der Waals surface area contributed by atoms with Crippen LogP contribution in [-0.4, -0.2) is 24.2 Å². The van der Waals surface area contributed by atoms with Gasteiger partial charge in [-0.2, -0.15) is 0 Å². The average molecular weight is 267 g/mol. The van der Waals surface area contributed by atoms with E-state index in [0.717, 1.165) is 23.6 Å². The number of nitrogens with one attached hydrogen (secondary N) is 1. The lowest BCUT2D eigenvalue weighted by Crippen LogP contribution is -2.28. The number of rotatable bonds is 4. The molecule has 1 amide bonds. The molecular weight excluding hydrogens is 246 g/mol. The molecule has 100 valence electrons. The summed E-state index contributed by atoms with van der Waals surface area (Å²) in [5.74, 6) is 0.850. The first-order chi connectivity index (χ1) is 8.60. The van der Waals surface area contributed by atoms with Gasteiger partial charge in [-0.15, -0.1) is 11.3 Å². The summed E-state index contributed by atoms with van der Waals surface area (Å²) in [6.45, 7) is 4.83. The number of hydrogen-bond donors (Lipinski definition) is 2. The molecule has 0 bridgehead atoms. The maximum Gasteiger partial charge on any atom is 0.261 e. The van der Waals surface area contributed by atoms with E-state index >= 15 is 0 Å². The molecule has 3 nitrogen and oxygen atoms in total. The standard InChI is InChI=1S/C14H21NO2S/c1-9-3-4-12-11(5-9)6-13(18-12)14(17)15-7-10(2)8-16/h6,9-10,16H,3-5,7-8H2,1-2H3,(H,15,17). The van der Waals surface area contributed by atoms with Crippen LogP contribution in [0.1, 0.15) is 40.4 Å². The summed E-state index contributed by atoms with van der Waals surface area (Å²) in [4.78, 5) is 14.2. The lowest BCUT2D eigenvalue weighted by molar-refractivity contribution is 0.0946. The Kier molecular flexibility index (Phi) is 4.40. The van der Waals surface area contributed by atoms with Gasteiger partial charge in [0.1, 0.15) is 0 Å². The van der Waals surface area contributed by atoms with Gasteiger partial charge >= 0.3 is 0 Å². The Morgan fingerprint density at radius 1 is 1.67 bits per heavy atom.